The number of nitrogens with one attached hydrogen (secondary N) is 1. The van der Waals surface area contributed by atoms with E-state index in [1.807, 2.05) is 0 Å². The second kappa shape index (κ2) is 5.72. The molecule has 0 unspecified atom stereocenters. The zero-order valence-corrected chi connectivity index (χ0v) is 14.3. The number of halogens is 1. The first kappa shape index (κ1) is 15.0. The molecule has 0 bridgehead atoms. The minimum absolute atomic E-state index is 0.0283. The molecule has 1 aromatic heterocycles. The van der Waals surface area contributed by atoms with E-state index < -0.39 is 0 Å². The molecule has 0 spiro atoms. The fourth-order valence-corrected chi connectivity index (χ4v) is 3.34. The molecular weight excluding hydrogens is 332 g/mol. The largest absolute Gasteiger partial charge is 0.381 e. The molecule has 0 aliphatic heterocycles. The molecule has 21 heavy (non-hydrogen) atoms. The normalized spacial score (nSPS) is 20.4. The van der Waals surface area contributed by atoms with Crippen molar-refractivity contribution in [3.05, 3.63) is 21.0 Å². The molecule has 116 valence electrons. The van der Waals surface area contributed by atoms with Crippen LogP contribution in [0.1, 0.15) is 32.1 Å². The zero-order chi connectivity index (χ0) is 15.0. The SMILES string of the molecule is CN(C)C1(CNc2cnn(CC3CC3)c(=O)c2Br)CCC1. The number of likely N-dealkylation sites (N-methyl/N-ethyl adjacent to an activating group) is 1. The van der Waals surface area contributed by atoms with Crippen molar-refractivity contribution in [3.63, 3.8) is 0 Å². The lowest BCUT2D eigenvalue weighted by Crippen LogP contribution is -2.54. The van der Waals surface area contributed by atoms with E-state index in [-0.39, 0.29) is 11.1 Å². The first-order valence-electron chi connectivity index (χ1n) is 7.69. The molecule has 1 N–H and O–H groups in total. The van der Waals surface area contributed by atoms with Gasteiger partial charge in [0.05, 0.1) is 11.9 Å². The summed E-state index contributed by atoms with van der Waals surface area (Å²) in [7, 11) is 4.25. The Morgan fingerprint density at radius 2 is 2.19 bits per heavy atom. The predicted molar refractivity (Wildman–Crippen MR) is 87.7 cm³/mol. The number of aromatic nitrogens is 2. The summed E-state index contributed by atoms with van der Waals surface area (Å²) in [5.41, 5.74) is 1.00. The van der Waals surface area contributed by atoms with Crippen molar-refractivity contribution in [2.45, 2.75) is 44.2 Å². The van der Waals surface area contributed by atoms with Gasteiger partial charge in [0.25, 0.3) is 5.56 Å². The van der Waals surface area contributed by atoms with Gasteiger partial charge in [-0.2, -0.15) is 5.10 Å². The molecule has 2 aliphatic carbocycles. The van der Waals surface area contributed by atoms with Crippen LogP contribution in [0.15, 0.2) is 15.5 Å². The van der Waals surface area contributed by atoms with Gasteiger partial charge in [0, 0.05) is 18.6 Å². The van der Waals surface area contributed by atoms with Crippen LogP contribution >= 0.6 is 15.9 Å². The third kappa shape index (κ3) is 3.01. The van der Waals surface area contributed by atoms with Crippen LogP contribution in [0.3, 0.4) is 0 Å². The van der Waals surface area contributed by atoms with Gasteiger partial charge in [0.2, 0.25) is 0 Å². The van der Waals surface area contributed by atoms with Crippen molar-refractivity contribution in [1.29, 1.82) is 0 Å². The number of rotatable bonds is 6. The summed E-state index contributed by atoms with van der Waals surface area (Å²) < 4.78 is 2.18. The smallest absolute Gasteiger partial charge is 0.283 e. The first-order chi connectivity index (χ1) is 10.0. The van der Waals surface area contributed by atoms with Crippen LogP contribution in [0.25, 0.3) is 0 Å². The average molecular weight is 355 g/mol. The highest BCUT2D eigenvalue weighted by Gasteiger charge is 2.38. The number of hydrogen-bond acceptors (Lipinski definition) is 4. The highest BCUT2D eigenvalue weighted by Crippen LogP contribution is 2.36. The second-order valence-corrected chi connectivity index (χ2v) is 7.42. The third-order valence-corrected chi connectivity index (χ3v) is 5.72. The summed E-state index contributed by atoms with van der Waals surface area (Å²) in [4.78, 5) is 14.6. The van der Waals surface area contributed by atoms with Crippen LogP contribution in [-0.2, 0) is 6.54 Å². The molecule has 5 nitrogen and oxygen atoms in total. The van der Waals surface area contributed by atoms with Gasteiger partial charge in [-0.1, -0.05) is 0 Å². The van der Waals surface area contributed by atoms with Crippen molar-refractivity contribution in [2.75, 3.05) is 26.0 Å². The van der Waals surface area contributed by atoms with Crippen LogP contribution in [0.2, 0.25) is 0 Å². The molecule has 0 amide bonds. The van der Waals surface area contributed by atoms with Crippen LogP contribution < -0.4 is 10.9 Å². The topological polar surface area (TPSA) is 50.2 Å². The molecule has 0 saturated heterocycles. The van der Waals surface area contributed by atoms with E-state index in [2.05, 4.69) is 45.3 Å². The minimum atomic E-state index is -0.0283. The van der Waals surface area contributed by atoms with Crippen LogP contribution in [0, 0.1) is 5.92 Å². The van der Waals surface area contributed by atoms with E-state index >= 15 is 0 Å². The Morgan fingerprint density at radius 1 is 1.48 bits per heavy atom. The molecular formula is C15H23BrN4O. The molecule has 0 radical (unpaired) electrons. The van der Waals surface area contributed by atoms with Gasteiger partial charge < -0.3 is 10.2 Å². The molecule has 2 aliphatic rings. The molecule has 2 saturated carbocycles. The summed E-state index contributed by atoms with van der Waals surface area (Å²) >= 11 is 3.44. The highest BCUT2D eigenvalue weighted by atomic mass is 79.9. The lowest BCUT2D eigenvalue weighted by Gasteiger charge is -2.47. The van der Waals surface area contributed by atoms with E-state index in [0.29, 0.717) is 10.4 Å². The van der Waals surface area contributed by atoms with Gasteiger partial charge in [-0.05, 0) is 68.0 Å². The van der Waals surface area contributed by atoms with Crippen molar-refractivity contribution >= 4 is 21.6 Å². The van der Waals surface area contributed by atoms with Gasteiger partial charge in [0.15, 0.2) is 0 Å². The Hall–Kier alpha value is -0.880. The summed E-state index contributed by atoms with van der Waals surface area (Å²) in [5, 5.41) is 7.72. The van der Waals surface area contributed by atoms with Gasteiger partial charge in [-0.25, -0.2) is 4.68 Å². The Kier molecular flexibility index (Phi) is 4.10. The van der Waals surface area contributed by atoms with Gasteiger partial charge >= 0.3 is 0 Å². The van der Waals surface area contributed by atoms with Crippen molar-refractivity contribution in [3.8, 4) is 0 Å². The van der Waals surface area contributed by atoms with Crippen LogP contribution in [-0.4, -0.2) is 40.9 Å². The van der Waals surface area contributed by atoms with Gasteiger partial charge in [0.1, 0.15) is 4.47 Å². The fraction of sp³-hybridized carbons (Fsp3) is 0.733. The van der Waals surface area contributed by atoms with Crippen molar-refractivity contribution < 1.29 is 0 Å². The van der Waals surface area contributed by atoms with Crippen molar-refractivity contribution in [1.82, 2.24) is 14.7 Å². The Bertz CT molecular complexity index is 576. The maximum atomic E-state index is 12.3. The standard InChI is InChI=1S/C15H23BrN4O/c1-19(2)15(6-3-7-15)10-17-12-8-18-20(9-11-4-5-11)14(21)13(12)16/h8,11,17H,3-7,9-10H2,1-2H3. The van der Waals surface area contributed by atoms with E-state index in [1.165, 1.54) is 32.1 Å². The maximum Gasteiger partial charge on any atom is 0.283 e. The third-order valence-electron chi connectivity index (χ3n) is 4.95. The molecule has 1 aromatic rings. The summed E-state index contributed by atoms with van der Waals surface area (Å²) in [6.45, 7) is 1.60. The molecule has 0 aromatic carbocycles. The monoisotopic (exact) mass is 354 g/mol. The van der Waals surface area contributed by atoms with E-state index in [4.69, 9.17) is 0 Å². The molecule has 3 rings (SSSR count). The fourth-order valence-electron chi connectivity index (χ4n) is 2.89. The number of nitrogens with zero attached hydrogens (tertiary/aromatic N) is 3. The Labute approximate surface area is 133 Å². The minimum Gasteiger partial charge on any atom is -0.381 e. The van der Waals surface area contributed by atoms with Gasteiger partial charge in [-0.15, -0.1) is 0 Å². The predicted octanol–water partition coefficient (Wildman–Crippen LogP) is 2.31. The quantitative estimate of drug-likeness (QED) is 0.851. The van der Waals surface area contributed by atoms with Gasteiger partial charge in [-0.3, -0.25) is 4.79 Å². The van der Waals surface area contributed by atoms with Crippen LogP contribution in [0.4, 0.5) is 5.69 Å². The summed E-state index contributed by atoms with van der Waals surface area (Å²) in [6.07, 6.45) is 7.90. The molecule has 1 heterocycles. The zero-order valence-electron chi connectivity index (χ0n) is 12.7. The van der Waals surface area contributed by atoms with E-state index in [9.17, 15) is 4.79 Å². The highest BCUT2D eigenvalue weighted by molar-refractivity contribution is 9.10. The first-order valence-corrected chi connectivity index (χ1v) is 8.48. The maximum absolute atomic E-state index is 12.3. The lowest BCUT2D eigenvalue weighted by molar-refractivity contribution is 0.0739. The number of anilines is 1. The summed E-state index contributed by atoms with van der Waals surface area (Å²) in [5.74, 6) is 0.646. The molecule has 6 heteroatoms. The molecule has 0 atom stereocenters. The van der Waals surface area contributed by atoms with Crippen LogP contribution in [0.5, 0.6) is 0 Å². The number of hydrogen-bond donors (Lipinski definition) is 1. The van der Waals surface area contributed by atoms with E-state index in [1.54, 1.807) is 10.9 Å². The molecule has 2 fully saturated rings. The summed E-state index contributed by atoms with van der Waals surface area (Å²) in [6, 6.07) is 0. The van der Waals surface area contributed by atoms with Crippen molar-refractivity contribution in [2.24, 2.45) is 5.92 Å². The lowest BCUT2D eigenvalue weighted by atomic mass is 9.75. The second-order valence-electron chi connectivity index (χ2n) is 6.63. The Balaban J connectivity index is 1.70. The Morgan fingerprint density at radius 3 is 2.71 bits per heavy atom. The average Bonchev–Trinajstić information content (AvgIpc) is 3.19. The van der Waals surface area contributed by atoms with E-state index in [0.717, 1.165) is 18.8 Å².